The summed E-state index contributed by atoms with van der Waals surface area (Å²) in [7, 11) is 0. The van der Waals surface area contributed by atoms with Gasteiger partial charge in [0, 0.05) is 18.8 Å². The first kappa shape index (κ1) is 11.0. The number of hydrogen-bond acceptors (Lipinski definition) is 2. The van der Waals surface area contributed by atoms with Crippen LogP contribution >= 0.6 is 0 Å². The summed E-state index contributed by atoms with van der Waals surface area (Å²) >= 11 is 0. The number of carbonyl (C=O) groups excluding carboxylic acids is 1. The van der Waals surface area contributed by atoms with Gasteiger partial charge in [-0.15, -0.1) is 0 Å². The topological polar surface area (TPSA) is 46.3 Å². The van der Waals surface area contributed by atoms with E-state index in [1.54, 1.807) is 0 Å². The van der Waals surface area contributed by atoms with Crippen LogP contribution in [0.4, 0.5) is 5.69 Å². The molecule has 0 aliphatic carbocycles. The smallest absolute Gasteiger partial charge is 0.222 e. The van der Waals surface area contributed by atoms with E-state index in [0.29, 0.717) is 0 Å². The van der Waals surface area contributed by atoms with Crippen LogP contribution in [0.3, 0.4) is 0 Å². The summed E-state index contributed by atoms with van der Waals surface area (Å²) < 4.78 is 0. The molecule has 1 heterocycles. The summed E-state index contributed by atoms with van der Waals surface area (Å²) in [5, 5.41) is 0. The Morgan fingerprint density at radius 3 is 2.81 bits per heavy atom. The molecular formula is C13H18N2O. The number of nitrogens with two attached hydrogens (primary N) is 1. The van der Waals surface area contributed by atoms with Crippen molar-refractivity contribution in [2.75, 3.05) is 18.0 Å². The van der Waals surface area contributed by atoms with E-state index in [9.17, 15) is 4.79 Å². The lowest BCUT2D eigenvalue weighted by Crippen LogP contribution is -2.27. The molecule has 1 fully saturated rings. The van der Waals surface area contributed by atoms with Crippen molar-refractivity contribution in [1.82, 2.24) is 0 Å². The summed E-state index contributed by atoms with van der Waals surface area (Å²) in [6.45, 7) is 5.93. The molecule has 1 amide bonds. The SMILES string of the molecule is Cc1cccc(N2CCC(C(N)=O)C2)c1C. The van der Waals surface area contributed by atoms with Crippen molar-refractivity contribution in [2.24, 2.45) is 11.7 Å². The molecule has 3 heteroatoms. The van der Waals surface area contributed by atoms with Crippen LogP contribution in [0, 0.1) is 19.8 Å². The third kappa shape index (κ3) is 1.90. The normalized spacial score (nSPS) is 20.1. The largest absolute Gasteiger partial charge is 0.370 e. The highest BCUT2D eigenvalue weighted by Gasteiger charge is 2.27. The number of amides is 1. The molecule has 1 aromatic carbocycles. The van der Waals surface area contributed by atoms with Crippen molar-refractivity contribution < 1.29 is 4.79 Å². The second-order valence-corrected chi connectivity index (χ2v) is 4.55. The van der Waals surface area contributed by atoms with E-state index in [0.717, 1.165) is 19.5 Å². The Bertz CT molecular complexity index is 414. The minimum absolute atomic E-state index is 0.0138. The summed E-state index contributed by atoms with van der Waals surface area (Å²) in [6, 6.07) is 6.29. The predicted molar refractivity (Wildman–Crippen MR) is 65.4 cm³/mol. The number of hydrogen-bond donors (Lipinski definition) is 1. The Kier molecular flexibility index (Phi) is 2.86. The van der Waals surface area contributed by atoms with Crippen LogP contribution in [0.1, 0.15) is 17.5 Å². The van der Waals surface area contributed by atoms with E-state index < -0.39 is 0 Å². The van der Waals surface area contributed by atoms with Crippen LogP contribution in [0.15, 0.2) is 18.2 Å². The maximum absolute atomic E-state index is 11.1. The number of aryl methyl sites for hydroxylation is 1. The Morgan fingerprint density at radius 2 is 2.19 bits per heavy atom. The van der Waals surface area contributed by atoms with Gasteiger partial charge in [-0.1, -0.05) is 12.1 Å². The molecule has 86 valence electrons. The second kappa shape index (κ2) is 4.16. The van der Waals surface area contributed by atoms with Gasteiger partial charge in [-0.3, -0.25) is 4.79 Å². The number of primary amides is 1. The molecule has 0 spiro atoms. The molecule has 1 aliphatic rings. The van der Waals surface area contributed by atoms with Crippen molar-refractivity contribution >= 4 is 11.6 Å². The monoisotopic (exact) mass is 218 g/mol. The maximum atomic E-state index is 11.1. The van der Waals surface area contributed by atoms with Gasteiger partial charge in [-0.25, -0.2) is 0 Å². The number of anilines is 1. The molecule has 3 nitrogen and oxygen atoms in total. The van der Waals surface area contributed by atoms with Gasteiger partial charge in [-0.05, 0) is 37.5 Å². The van der Waals surface area contributed by atoms with Gasteiger partial charge in [0.05, 0.1) is 5.92 Å². The third-order valence-electron chi connectivity index (χ3n) is 3.51. The molecule has 0 saturated carbocycles. The van der Waals surface area contributed by atoms with E-state index in [-0.39, 0.29) is 11.8 Å². The quantitative estimate of drug-likeness (QED) is 0.819. The average molecular weight is 218 g/mol. The molecule has 1 saturated heterocycles. The first-order valence-corrected chi connectivity index (χ1v) is 5.70. The summed E-state index contributed by atoms with van der Waals surface area (Å²) in [5.41, 5.74) is 9.17. The van der Waals surface area contributed by atoms with Crippen molar-refractivity contribution in [3.63, 3.8) is 0 Å². The first-order valence-electron chi connectivity index (χ1n) is 5.70. The van der Waals surface area contributed by atoms with Gasteiger partial charge in [0.25, 0.3) is 0 Å². The van der Waals surface area contributed by atoms with Crippen molar-refractivity contribution in [3.05, 3.63) is 29.3 Å². The standard InChI is InChI=1S/C13H18N2O/c1-9-4-3-5-12(10(9)2)15-7-6-11(8-15)13(14)16/h3-5,11H,6-8H2,1-2H3,(H2,14,16). The van der Waals surface area contributed by atoms with Gasteiger partial charge in [0.1, 0.15) is 0 Å². The van der Waals surface area contributed by atoms with E-state index in [2.05, 4.69) is 36.9 Å². The lowest BCUT2D eigenvalue weighted by atomic mass is 10.1. The molecule has 1 aliphatic heterocycles. The van der Waals surface area contributed by atoms with E-state index in [1.165, 1.54) is 16.8 Å². The van der Waals surface area contributed by atoms with Gasteiger partial charge < -0.3 is 10.6 Å². The zero-order valence-electron chi connectivity index (χ0n) is 9.86. The van der Waals surface area contributed by atoms with E-state index in [4.69, 9.17) is 5.73 Å². The van der Waals surface area contributed by atoms with E-state index in [1.807, 2.05) is 0 Å². The summed E-state index contributed by atoms with van der Waals surface area (Å²) in [4.78, 5) is 13.4. The van der Waals surface area contributed by atoms with E-state index >= 15 is 0 Å². The molecule has 0 aromatic heterocycles. The minimum Gasteiger partial charge on any atom is -0.370 e. The van der Waals surface area contributed by atoms with Gasteiger partial charge in [0.2, 0.25) is 5.91 Å². The van der Waals surface area contributed by atoms with Crippen molar-refractivity contribution in [3.8, 4) is 0 Å². The number of nitrogens with zero attached hydrogens (tertiary/aromatic N) is 1. The van der Waals surface area contributed by atoms with Crippen LogP contribution in [-0.2, 0) is 4.79 Å². The maximum Gasteiger partial charge on any atom is 0.222 e. The summed E-state index contributed by atoms with van der Waals surface area (Å²) in [6.07, 6.45) is 0.878. The summed E-state index contributed by atoms with van der Waals surface area (Å²) in [5.74, 6) is -0.160. The molecule has 2 rings (SSSR count). The Hall–Kier alpha value is -1.51. The lowest BCUT2D eigenvalue weighted by Gasteiger charge is -2.21. The molecule has 16 heavy (non-hydrogen) atoms. The van der Waals surface area contributed by atoms with Crippen LogP contribution in [0.2, 0.25) is 0 Å². The van der Waals surface area contributed by atoms with Crippen molar-refractivity contribution in [1.29, 1.82) is 0 Å². The molecule has 2 N–H and O–H groups in total. The van der Waals surface area contributed by atoms with Gasteiger partial charge >= 0.3 is 0 Å². The Labute approximate surface area is 96.2 Å². The van der Waals surface area contributed by atoms with Gasteiger partial charge in [0.15, 0.2) is 0 Å². The Morgan fingerprint density at radius 1 is 1.44 bits per heavy atom. The highest BCUT2D eigenvalue weighted by Crippen LogP contribution is 2.28. The fourth-order valence-corrected chi connectivity index (χ4v) is 2.29. The number of carbonyl (C=O) groups is 1. The molecule has 1 unspecified atom stereocenters. The Balaban J connectivity index is 2.21. The molecule has 1 atom stereocenters. The van der Waals surface area contributed by atoms with Crippen LogP contribution < -0.4 is 10.6 Å². The lowest BCUT2D eigenvalue weighted by molar-refractivity contribution is -0.121. The highest BCUT2D eigenvalue weighted by molar-refractivity contribution is 5.78. The predicted octanol–water partition coefficient (Wildman–Crippen LogP) is 1.62. The molecular weight excluding hydrogens is 200 g/mol. The third-order valence-corrected chi connectivity index (χ3v) is 3.51. The fourth-order valence-electron chi connectivity index (χ4n) is 2.29. The molecule has 0 bridgehead atoms. The first-order chi connectivity index (χ1) is 7.59. The van der Waals surface area contributed by atoms with Crippen LogP contribution in [-0.4, -0.2) is 19.0 Å². The minimum atomic E-state index is -0.173. The van der Waals surface area contributed by atoms with Gasteiger partial charge in [-0.2, -0.15) is 0 Å². The number of rotatable bonds is 2. The second-order valence-electron chi connectivity index (χ2n) is 4.55. The highest BCUT2D eigenvalue weighted by atomic mass is 16.1. The fraction of sp³-hybridized carbons (Fsp3) is 0.462. The van der Waals surface area contributed by atoms with Crippen LogP contribution in [0.25, 0.3) is 0 Å². The molecule has 0 radical (unpaired) electrons. The average Bonchev–Trinajstić information content (AvgIpc) is 2.71. The zero-order valence-corrected chi connectivity index (χ0v) is 9.86. The van der Waals surface area contributed by atoms with Crippen LogP contribution in [0.5, 0.6) is 0 Å². The number of benzene rings is 1. The van der Waals surface area contributed by atoms with Crippen molar-refractivity contribution in [2.45, 2.75) is 20.3 Å². The molecule has 1 aromatic rings. The zero-order chi connectivity index (χ0) is 11.7.